The van der Waals surface area contributed by atoms with Gasteiger partial charge < -0.3 is 0 Å². The van der Waals surface area contributed by atoms with Gasteiger partial charge >= 0.3 is 0 Å². The van der Waals surface area contributed by atoms with Gasteiger partial charge in [-0.05, 0) is 80.6 Å². The summed E-state index contributed by atoms with van der Waals surface area (Å²) in [4.78, 5) is 0. The maximum atomic E-state index is 2.42. The van der Waals surface area contributed by atoms with Gasteiger partial charge in [0.25, 0.3) is 0 Å². The third-order valence-electron chi connectivity index (χ3n) is 9.97. The average Bonchev–Trinajstić information content (AvgIpc) is 3.64. The van der Waals surface area contributed by atoms with E-state index in [9.17, 15) is 0 Å². The maximum absolute atomic E-state index is 2.42. The van der Waals surface area contributed by atoms with Gasteiger partial charge in [-0.15, -0.1) is 0 Å². The highest BCUT2D eigenvalue weighted by atomic mass is 32.2. The first-order valence-corrected chi connectivity index (χ1v) is 17.8. The molecule has 1 heteroatoms. The molecule has 2 unspecified atom stereocenters. The molecule has 6 aromatic carbocycles. The summed E-state index contributed by atoms with van der Waals surface area (Å²) in [6, 6.07) is 53.5. The quantitative estimate of drug-likeness (QED) is 0.163. The number of hydrogen-bond donors (Lipinski definition) is 0. The van der Waals surface area contributed by atoms with E-state index in [0.717, 1.165) is 11.5 Å². The number of fused-ring (bicyclic) bond motifs is 2. The van der Waals surface area contributed by atoms with Crippen molar-refractivity contribution in [2.45, 2.75) is 37.2 Å². The second kappa shape index (κ2) is 12.7. The van der Waals surface area contributed by atoms with Crippen LogP contribution in [0.4, 0.5) is 0 Å². The highest BCUT2D eigenvalue weighted by molar-refractivity contribution is 7.97. The van der Waals surface area contributed by atoms with Crippen LogP contribution in [0.2, 0.25) is 0 Å². The van der Waals surface area contributed by atoms with Gasteiger partial charge in [0.1, 0.15) is 0 Å². The Labute approximate surface area is 283 Å². The summed E-state index contributed by atoms with van der Waals surface area (Å²) >= 11 is 2.03. The van der Waals surface area contributed by atoms with Crippen molar-refractivity contribution >= 4 is 23.9 Å². The number of hydrogen-bond acceptors (Lipinski definition) is 1. The fourth-order valence-electron chi connectivity index (χ4n) is 7.83. The Balaban J connectivity index is 1.06. The Morgan fingerprint density at radius 2 is 0.787 bits per heavy atom. The van der Waals surface area contributed by atoms with Gasteiger partial charge in [0.15, 0.2) is 0 Å². The zero-order valence-electron chi connectivity index (χ0n) is 27.0. The lowest BCUT2D eigenvalue weighted by atomic mass is 9.85. The molecular weight excluding hydrogens is 585 g/mol. The van der Waals surface area contributed by atoms with Crippen molar-refractivity contribution in [3.63, 3.8) is 0 Å². The van der Waals surface area contributed by atoms with Crippen molar-refractivity contribution in [1.82, 2.24) is 0 Å². The lowest BCUT2D eigenvalue weighted by Gasteiger charge is -2.21. The van der Waals surface area contributed by atoms with E-state index in [0.29, 0.717) is 11.8 Å². The molecular formula is C46H38S. The van der Waals surface area contributed by atoms with E-state index < -0.39 is 0 Å². The topological polar surface area (TPSA) is 0 Å². The minimum Gasteiger partial charge on any atom is -0.152 e. The number of rotatable bonds is 8. The zero-order valence-corrected chi connectivity index (χ0v) is 27.8. The highest BCUT2D eigenvalue weighted by Crippen LogP contribution is 2.47. The van der Waals surface area contributed by atoms with Crippen LogP contribution in [0.5, 0.6) is 0 Å². The molecule has 0 spiro atoms. The van der Waals surface area contributed by atoms with Crippen molar-refractivity contribution in [3.8, 4) is 22.3 Å². The molecule has 0 aliphatic heterocycles. The van der Waals surface area contributed by atoms with E-state index in [1.165, 1.54) is 77.9 Å². The molecule has 0 nitrogen and oxygen atoms in total. The Morgan fingerprint density at radius 1 is 0.404 bits per heavy atom. The van der Waals surface area contributed by atoms with Crippen molar-refractivity contribution in [2.75, 3.05) is 0 Å². The van der Waals surface area contributed by atoms with Gasteiger partial charge in [-0.1, -0.05) is 169 Å². The Hall–Kier alpha value is -4.85. The van der Waals surface area contributed by atoms with Gasteiger partial charge in [0, 0.05) is 23.3 Å². The van der Waals surface area contributed by atoms with Crippen LogP contribution >= 0.6 is 11.8 Å². The van der Waals surface area contributed by atoms with Crippen molar-refractivity contribution in [1.29, 1.82) is 0 Å². The first kappa shape index (κ1) is 29.5. The average molecular weight is 623 g/mol. The molecule has 228 valence electrons. The summed E-state index contributed by atoms with van der Waals surface area (Å²) in [5.41, 5.74) is 19.3. The van der Waals surface area contributed by atoms with Crippen molar-refractivity contribution in [2.24, 2.45) is 0 Å². The third kappa shape index (κ3) is 5.49. The Kier molecular flexibility index (Phi) is 8.01. The van der Waals surface area contributed by atoms with Gasteiger partial charge in [0.05, 0.1) is 0 Å². The monoisotopic (exact) mass is 622 g/mol. The van der Waals surface area contributed by atoms with Gasteiger partial charge in [0.2, 0.25) is 0 Å². The third-order valence-corrected chi connectivity index (χ3v) is 11.0. The van der Waals surface area contributed by atoms with E-state index in [1.54, 1.807) is 0 Å². The molecule has 47 heavy (non-hydrogen) atoms. The summed E-state index contributed by atoms with van der Waals surface area (Å²) in [7, 11) is 0. The molecule has 6 aromatic rings. The largest absolute Gasteiger partial charge is 0.152 e. The Morgan fingerprint density at radius 3 is 1.23 bits per heavy atom. The molecule has 0 heterocycles. The van der Waals surface area contributed by atoms with Crippen molar-refractivity contribution < 1.29 is 0 Å². The number of thioether (sulfide) groups is 1. The van der Waals surface area contributed by atoms with Crippen LogP contribution < -0.4 is 0 Å². The fourth-order valence-corrected chi connectivity index (χ4v) is 8.90. The van der Waals surface area contributed by atoms with Gasteiger partial charge in [-0.25, -0.2) is 0 Å². The second-order valence-electron chi connectivity index (χ2n) is 12.9. The maximum Gasteiger partial charge on any atom is 0.0308 e. The number of benzene rings is 6. The van der Waals surface area contributed by atoms with E-state index in [2.05, 4.69) is 172 Å². The second-order valence-corrected chi connectivity index (χ2v) is 13.9. The minimum atomic E-state index is 0.291. The van der Waals surface area contributed by atoms with Crippen LogP contribution in [0.1, 0.15) is 70.2 Å². The molecule has 0 radical (unpaired) electrons. The van der Waals surface area contributed by atoms with Crippen molar-refractivity contribution in [3.05, 3.63) is 201 Å². The molecule has 2 aliphatic carbocycles. The molecule has 2 atom stereocenters. The zero-order chi connectivity index (χ0) is 31.7. The molecule has 0 saturated carbocycles. The molecule has 0 aromatic heterocycles. The molecule has 0 saturated heterocycles. The first-order valence-electron chi connectivity index (χ1n) is 16.6. The van der Waals surface area contributed by atoms with E-state index in [1.807, 2.05) is 11.8 Å². The predicted octanol–water partition coefficient (Wildman–Crippen LogP) is 12.6. The summed E-state index contributed by atoms with van der Waals surface area (Å²) in [6.07, 6.45) is 4.84. The summed E-state index contributed by atoms with van der Waals surface area (Å²) in [5.74, 6) is 2.55. The normalized spacial score (nSPS) is 16.4. The van der Waals surface area contributed by atoms with E-state index in [4.69, 9.17) is 0 Å². The van der Waals surface area contributed by atoms with Crippen LogP contribution in [-0.2, 0) is 11.5 Å². The van der Waals surface area contributed by atoms with E-state index >= 15 is 0 Å². The highest BCUT2D eigenvalue weighted by Gasteiger charge is 2.29. The van der Waals surface area contributed by atoms with Crippen LogP contribution in [0.15, 0.2) is 157 Å². The summed E-state index contributed by atoms with van der Waals surface area (Å²) in [6.45, 7) is 4.61. The Bertz CT molecular complexity index is 1980. The summed E-state index contributed by atoms with van der Waals surface area (Å²) < 4.78 is 0. The van der Waals surface area contributed by atoms with Crippen LogP contribution in [-0.4, -0.2) is 0 Å². The number of allylic oxidation sites excluding steroid dienone is 2. The van der Waals surface area contributed by atoms with Crippen LogP contribution in [0, 0.1) is 0 Å². The smallest absolute Gasteiger partial charge is 0.0308 e. The molecule has 2 aliphatic rings. The molecule has 0 bridgehead atoms. The molecule has 0 N–H and O–H groups in total. The molecule has 8 rings (SSSR count). The van der Waals surface area contributed by atoms with Crippen LogP contribution in [0.25, 0.3) is 34.4 Å². The first-order chi connectivity index (χ1) is 23.2. The lowest BCUT2D eigenvalue weighted by molar-refractivity contribution is 0.956. The van der Waals surface area contributed by atoms with Crippen LogP contribution in [0.3, 0.4) is 0 Å². The predicted molar refractivity (Wildman–Crippen MR) is 203 cm³/mol. The molecule has 0 amide bonds. The van der Waals surface area contributed by atoms with Gasteiger partial charge in [-0.3, -0.25) is 0 Å². The van der Waals surface area contributed by atoms with E-state index in [-0.39, 0.29) is 0 Å². The minimum absolute atomic E-state index is 0.291. The fraction of sp³-hybridized carbons (Fsp3) is 0.130. The lowest BCUT2D eigenvalue weighted by Crippen LogP contribution is -2.05. The molecule has 0 fully saturated rings. The SMILES string of the molecule is CC1=Cc2c(-c3ccccc3)cccc2C1c1ccccc1CSCc1ccccc1C1C(C)=Cc2c(-c3ccccc3)cccc21. The van der Waals surface area contributed by atoms with Gasteiger partial charge in [-0.2, -0.15) is 11.8 Å². The summed E-state index contributed by atoms with van der Waals surface area (Å²) in [5, 5.41) is 0. The standard InChI is InChI=1S/C46H38S/c1-31-27-43-37(33-15-5-3-6-16-33)23-13-25-41(43)45(31)39-21-11-9-19-35(39)29-47-30-36-20-10-12-22-40(36)46-32(2)28-44-38(24-14-26-42(44)46)34-17-7-4-8-18-34/h3-28,45-46H,29-30H2,1-2H3.